The van der Waals surface area contributed by atoms with E-state index in [2.05, 4.69) is 0 Å². The smallest absolute Gasteiger partial charge is 0.399 e. The fourth-order valence-electron chi connectivity index (χ4n) is 1.93. The summed E-state index contributed by atoms with van der Waals surface area (Å²) in [7, 11) is -0.589. The van der Waals surface area contributed by atoms with Crippen LogP contribution in [0.25, 0.3) is 0 Å². The van der Waals surface area contributed by atoms with Gasteiger partial charge in [0.15, 0.2) is 46.5 Å². The Morgan fingerprint density at radius 3 is 0.784 bits per heavy atom. The molecule has 0 aliphatic rings. The zero-order chi connectivity index (χ0) is 29.5. The second-order valence-corrected chi connectivity index (χ2v) is 7.04. The Labute approximate surface area is 198 Å². The van der Waals surface area contributed by atoms with Crippen LogP contribution in [0.5, 0.6) is 0 Å². The maximum Gasteiger partial charge on any atom is 0.422 e. The van der Waals surface area contributed by atoms with Crippen LogP contribution in [0.15, 0.2) is 0 Å². The van der Waals surface area contributed by atoms with Gasteiger partial charge in [-0.25, -0.2) is 43.9 Å². The molecule has 0 aliphatic carbocycles. The highest BCUT2D eigenvalue weighted by Gasteiger charge is 2.43. The van der Waals surface area contributed by atoms with Gasteiger partial charge in [-0.1, -0.05) is 0 Å². The maximum absolute atomic E-state index is 12.5. The molecule has 0 aliphatic heterocycles. The van der Waals surface area contributed by atoms with E-state index >= 15 is 0 Å². The summed E-state index contributed by atoms with van der Waals surface area (Å²) in [6.45, 7) is 5.55. The van der Waals surface area contributed by atoms with Crippen molar-refractivity contribution in [1.82, 2.24) is 0 Å². The highest BCUT2D eigenvalue weighted by Crippen LogP contribution is 2.37. The highest BCUT2D eigenvalue weighted by molar-refractivity contribution is 6.17. The minimum atomic E-state index is -5.65. The van der Waals surface area contributed by atoms with E-state index in [1.165, 1.54) is 0 Å². The fraction of sp³-hybridized carbons (Fsp3) is 0.333. The molecule has 0 spiro atoms. The summed E-state index contributed by atoms with van der Waals surface area (Å²) in [6.07, 6.45) is -11.3. The molecule has 0 bridgehead atoms. The Kier molecular flexibility index (Phi) is 12.9. The molecule has 2 aromatic rings. The molecule has 2 nitrogen and oxygen atoms in total. The first kappa shape index (κ1) is 34.5. The van der Waals surface area contributed by atoms with Crippen LogP contribution in [0, 0.1) is 58.2 Å². The first-order valence-electron chi connectivity index (χ1n) is 9.09. The van der Waals surface area contributed by atoms with Gasteiger partial charge in [-0.2, -0.15) is 26.3 Å². The van der Waals surface area contributed by atoms with E-state index in [0.29, 0.717) is 0 Å². The zero-order valence-corrected chi connectivity index (χ0v) is 19.4. The van der Waals surface area contributed by atoms with Crippen molar-refractivity contribution in [3.05, 3.63) is 69.3 Å². The lowest BCUT2D eigenvalue weighted by molar-refractivity contribution is -0.144. The quantitative estimate of drug-likeness (QED) is 0.127. The number of benzene rings is 2. The monoisotopic (exact) mass is 592 g/mol. The second-order valence-electron chi connectivity index (χ2n) is 5.99. The molecule has 19 heteroatoms. The second kappa shape index (κ2) is 13.8. The Bertz CT molecular complexity index is 926. The Hall–Kier alpha value is -2.54. The third-order valence-electron chi connectivity index (χ3n) is 3.56. The molecule has 0 fully saturated rings. The average Bonchev–Trinajstić information content (AvgIpc) is 2.78. The van der Waals surface area contributed by atoms with Gasteiger partial charge in [0.2, 0.25) is 11.6 Å². The Balaban J connectivity index is 0.000000563. The van der Waals surface area contributed by atoms with E-state index in [-0.39, 0.29) is 0 Å². The molecule has 0 saturated heterocycles. The van der Waals surface area contributed by atoms with E-state index in [4.69, 9.17) is 8.85 Å². The van der Waals surface area contributed by atoms with Crippen LogP contribution in [0.1, 0.15) is 25.0 Å². The van der Waals surface area contributed by atoms with E-state index in [1.54, 1.807) is 0 Å². The molecular formula is C18H12F16O2Si. The maximum atomic E-state index is 12.5. The Morgan fingerprint density at radius 2 is 0.622 bits per heavy atom. The minimum absolute atomic E-state index is 0.589. The lowest BCUT2D eigenvalue weighted by atomic mass is 10.1. The van der Waals surface area contributed by atoms with Gasteiger partial charge in [0, 0.05) is 13.2 Å². The Morgan fingerprint density at radius 1 is 0.432 bits per heavy atom. The van der Waals surface area contributed by atoms with Crippen molar-refractivity contribution < 1.29 is 79.1 Å². The molecule has 2 rings (SSSR count). The van der Waals surface area contributed by atoms with Gasteiger partial charge in [-0.05, 0) is 13.8 Å². The number of halogens is 16. The van der Waals surface area contributed by atoms with E-state index < -0.39 is 91.7 Å². The van der Waals surface area contributed by atoms with Gasteiger partial charge in [0.05, 0.1) is 0 Å². The lowest BCUT2D eigenvalue weighted by Gasteiger charge is -2.10. The number of alkyl halides is 6. The van der Waals surface area contributed by atoms with Gasteiger partial charge in [0.25, 0.3) is 0 Å². The van der Waals surface area contributed by atoms with E-state index in [9.17, 15) is 70.2 Å². The standard InChI is InChI=1S/2C7F8.C4H12O2Si/c2*8-2-1(7(13,14)15)3(9)5(11)6(12)4(2)10;1-3-5-7-6-4-2/h;;3-4,7H2,1-2H3. The van der Waals surface area contributed by atoms with Crippen LogP contribution in [0.4, 0.5) is 70.2 Å². The fourth-order valence-corrected chi connectivity index (χ4v) is 2.38. The summed E-state index contributed by atoms with van der Waals surface area (Å²) < 4.78 is 205. The van der Waals surface area contributed by atoms with Gasteiger partial charge in [-0.15, -0.1) is 0 Å². The molecule has 0 heterocycles. The number of rotatable bonds is 4. The average molecular weight is 592 g/mol. The zero-order valence-electron chi connectivity index (χ0n) is 18.0. The normalized spacial score (nSPS) is 11.5. The molecule has 0 amide bonds. The van der Waals surface area contributed by atoms with Crippen LogP contribution < -0.4 is 0 Å². The van der Waals surface area contributed by atoms with Crippen molar-refractivity contribution in [2.45, 2.75) is 26.2 Å². The van der Waals surface area contributed by atoms with E-state index in [0.717, 1.165) is 13.2 Å². The molecule has 0 radical (unpaired) electrons. The first-order chi connectivity index (χ1) is 16.8. The van der Waals surface area contributed by atoms with Crippen molar-refractivity contribution in [1.29, 1.82) is 0 Å². The van der Waals surface area contributed by atoms with Crippen molar-refractivity contribution in [2.24, 2.45) is 0 Å². The third kappa shape index (κ3) is 8.77. The summed E-state index contributed by atoms with van der Waals surface area (Å²) in [5.74, 6) is -27.3. The van der Waals surface area contributed by atoms with Gasteiger partial charge >= 0.3 is 22.4 Å². The number of hydrogen-bond donors (Lipinski definition) is 0. The lowest BCUT2D eigenvalue weighted by Crippen LogP contribution is -2.16. The van der Waals surface area contributed by atoms with Crippen LogP contribution in [0.2, 0.25) is 0 Å². The summed E-state index contributed by atoms with van der Waals surface area (Å²) >= 11 is 0. The van der Waals surface area contributed by atoms with Crippen LogP contribution in [0.3, 0.4) is 0 Å². The van der Waals surface area contributed by atoms with Crippen molar-refractivity contribution in [2.75, 3.05) is 13.2 Å². The molecule has 0 aromatic heterocycles. The molecule has 0 saturated carbocycles. The topological polar surface area (TPSA) is 18.5 Å². The third-order valence-corrected chi connectivity index (χ3v) is 4.71. The van der Waals surface area contributed by atoms with Crippen LogP contribution in [-0.2, 0) is 21.2 Å². The summed E-state index contributed by atoms with van der Waals surface area (Å²) in [4.78, 5) is 0. The summed E-state index contributed by atoms with van der Waals surface area (Å²) in [5.41, 5.74) is -5.59. The van der Waals surface area contributed by atoms with Crippen LogP contribution >= 0.6 is 0 Å². The van der Waals surface area contributed by atoms with Crippen molar-refractivity contribution >= 4 is 10.0 Å². The summed E-state index contributed by atoms with van der Waals surface area (Å²) in [6, 6.07) is 0. The van der Waals surface area contributed by atoms with Gasteiger partial charge < -0.3 is 8.85 Å². The molecular weight excluding hydrogens is 580 g/mol. The summed E-state index contributed by atoms with van der Waals surface area (Å²) in [5, 5.41) is 0. The van der Waals surface area contributed by atoms with Gasteiger partial charge in [0.1, 0.15) is 11.1 Å². The minimum Gasteiger partial charge on any atom is -0.399 e. The number of hydrogen-bond acceptors (Lipinski definition) is 2. The predicted molar refractivity (Wildman–Crippen MR) is 94.3 cm³/mol. The first-order valence-corrected chi connectivity index (χ1v) is 10.2. The molecule has 0 unspecified atom stereocenters. The molecule has 37 heavy (non-hydrogen) atoms. The molecule has 0 N–H and O–H groups in total. The SMILES string of the molecule is CCO[SiH2]OCC.Fc1c(F)c(F)c(C(F)(F)F)c(F)c1F.Fc1c(F)c(F)c(C(F)(F)F)c(F)c1F. The molecule has 2 aromatic carbocycles. The predicted octanol–water partition coefficient (Wildman–Crippen LogP) is 6.86. The van der Waals surface area contributed by atoms with Gasteiger partial charge in [-0.3, -0.25) is 0 Å². The molecule has 212 valence electrons. The van der Waals surface area contributed by atoms with E-state index in [1.807, 2.05) is 13.8 Å². The largest absolute Gasteiger partial charge is 0.422 e. The highest BCUT2D eigenvalue weighted by atomic mass is 28.3. The van der Waals surface area contributed by atoms with Crippen molar-refractivity contribution in [3.8, 4) is 0 Å². The molecule has 0 atom stereocenters. The van der Waals surface area contributed by atoms with Crippen LogP contribution in [-0.4, -0.2) is 23.2 Å². The van der Waals surface area contributed by atoms with Crippen molar-refractivity contribution in [3.63, 3.8) is 0 Å².